The van der Waals surface area contributed by atoms with Crippen LogP contribution in [0.4, 0.5) is 25.1 Å². The molecule has 0 saturated carbocycles. The lowest BCUT2D eigenvalue weighted by molar-refractivity contribution is 0.0651. The summed E-state index contributed by atoms with van der Waals surface area (Å²) in [5.41, 5.74) is 5.13. The third-order valence-corrected chi connectivity index (χ3v) is 8.21. The number of halogens is 2. The Bertz CT molecular complexity index is 1380. The molecular formula is C28H35F2N7O2. The number of aromatic nitrogens is 4. The zero-order valence-electron chi connectivity index (χ0n) is 22.7. The maximum atomic E-state index is 14.5. The largest absolute Gasteiger partial charge is 0.381 e. The molecule has 1 aromatic carbocycles. The van der Waals surface area contributed by atoms with Crippen molar-refractivity contribution in [2.24, 2.45) is 13.0 Å². The number of benzene rings is 1. The summed E-state index contributed by atoms with van der Waals surface area (Å²) < 4.78 is 38.3. The van der Waals surface area contributed by atoms with Crippen molar-refractivity contribution in [2.75, 3.05) is 38.3 Å². The Labute approximate surface area is 226 Å². The first-order valence-corrected chi connectivity index (χ1v) is 13.7. The number of alkyl halides is 2. The summed E-state index contributed by atoms with van der Waals surface area (Å²) in [5.74, 6) is 1.06. The van der Waals surface area contributed by atoms with Crippen molar-refractivity contribution in [3.8, 4) is 11.1 Å². The van der Waals surface area contributed by atoms with Crippen LogP contribution in [0.25, 0.3) is 11.1 Å². The van der Waals surface area contributed by atoms with Gasteiger partial charge in [0.25, 0.3) is 6.43 Å². The fourth-order valence-corrected chi connectivity index (χ4v) is 6.31. The second-order valence-corrected chi connectivity index (χ2v) is 11.0. The average Bonchev–Trinajstić information content (AvgIpc) is 3.55. The van der Waals surface area contributed by atoms with Crippen molar-refractivity contribution in [1.29, 1.82) is 0 Å². The molecule has 0 aliphatic carbocycles. The predicted molar refractivity (Wildman–Crippen MR) is 143 cm³/mol. The number of urea groups is 1. The normalized spacial score (nSPS) is 19.8. The smallest absolute Gasteiger partial charge is 0.317 e. The third-order valence-electron chi connectivity index (χ3n) is 8.21. The van der Waals surface area contributed by atoms with E-state index < -0.39 is 6.43 Å². The Kier molecular flexibility index (Phi) is 6.78. The van der Waals surface area contributed by atoms with Gasteiger partial charge < -0.3 is 19.9 Å². The van der Waals surface area contributed by atoms with Gasteiger partial charge >= 0.3 is 6.03 Å². The summed E-state index contributed by atoms with van der Waals surface area (Å²) in [6.45, 7) is 5.27. The van der Waals surface area contributed by atoms with Gasteiger partial charge in [-0.3, -0.25) is 9.36 Å². The number of hydrogen-bond donors (Lipinski definition) is 1. The molecule has 1 atom stereocenters. The lowest BCUT2D eigenvalue weighted by Gasteiger charge is -2.36. The topological polar surface area (TPSA) is 80.5 Å². The van der Waals surface area contributed by atoms with Gasteiger partial charge in [0, 0.05) is 81.1 Å². The number of ether oxygens (including phenoxy) is 1. The van der Waals surface area contributed by atoms with E-state index in [4.69, 9.17) is 9.84 Å². The molecule has 6 rings (SSSR count). The van der Waals surface area contributed by atoms with Crippen molar-refractivity contribution in [3.05, 3.63) is 46.9 Å². The summed E-state index contributed by atoms with van der Waals surface area (Å²) in [6.07, 6.45) is 4.02. The highest BCUT2D eigenvalue weighted by Gasteiger charge is 2.35. The van der Waals surface area contributed by atoms with Crippen LogP contribution >= 0.6 is 0 Å². The van der Waals surface area contributed by atoms with Gasteiger partial charge in [0.05, 0.1) is 18.8 Å². The first kappa shape index (κ1) is 25.8. The Morgan fingerprint density at radius 3 is 2.72 bits per heavy atom. The van der Waals surface area contributed by atoms with Crippen LogP contribution in [0.3, 0.4) is 0 Å². The molecule has 0 bridgehead atoms. The Morgan fingerprint density at radius 1 is 1.23 bits per heavy atom. The molecule has 3 aromatic rings. The van der Waals surface area contributed by atoms with Crippen LogP contribution in [-0.4, -0.2) is 63.8 Å². The van der Waals surface area contributed by atoms with E-state index >= 15 is 0 Å². The Morgan fingerprint density at radius 2 is 2.03 bits per heavy atom. The number of carbonyl (C=O) groups is 1. The molecule has 2 aromatic heterocycles. The molecule has 5 heterocycles. The maximum Gasteiger partial charge on any atom is 0.317 e. The third kappa shape index (κ3) is 4.66. The van der Waals surface area contributed by atoms with E-state index in [0.717, 1.165) is 47.6 Å². The van der Waals surface area contributed by atoms with Crippen LogP contribution in [0, 0.1) is 5.92 Å². The number of hydrogen-bond acceptors (Lipinski definition) is 5. The minimum atomic E-state index is -2.64. The number of rotatable bonds is 4. The van der Waals surface area contributed by atoms with Crippen LogP contribution in [-0.2, 0) is 31.2 Å². The monoisotopic (exact) mass is 539 g/mol. The molecule has 208 valence electrons. The van der Waals surface area contributed by atoms with Crippen LogP contribution < -0.4 is 10.2 Å². The maximum absolute atomic E-state index is 14.5. The van der Waals surface area contributed by atoms with E-state index in [9.17, 15) is 13.6 Å². The number of nitrogens with one attached hydrogen (secondary N) is 1. The fourth-order valence-electron chi connectivity index (χ4n) is 6.31. The number of nitrogens with zero attached hydrogens (tertiary/aromatic N) is 6. The summed E-state index contributed by atoms with van der Waals surface area (Å²) in [6, 6.07) is 3.65. The minimum absolute atomic E-state index is 0.00831. The first-order valence-electron chi connectivity index (χ1n) is 13.7. The number of fused-ring (bicyclic) bond motifs is 2. The van der Waals surface area contributed by atoms with Gasteiger partial charge in [0.1, 0.15) is 0 Å². The van der Waals surface area contributed by atoms with Gasteiger partial charge in [-0.05, 0) is 48.4 Å². The van der Waals surface area contributed by atoms with E-state index in [2.05, 4.69) is 26.9 Å². The van der Waals surface area contributed by atoms with Crippen molar-refractivity contribution in [1.82, 2.24) is 29.8 Å². The minimum Gasteiger partial charge on any atom is -0.381 e. The zero-order chi connectivity index (χ0) is 27.3. The SMILES string of the molecule is CNC(=O)N1CCc2c(c(N3C[C@@H](C)Cc4cc(-c5cnn(C)c5)c(C(F)F)cc43)nn2C2CCOCC2)C1. The van der Waals surface area contributed by atoms with Gasteiger partial charge in [-0.1, -0.05) is 6.92 Å². The van der Waals surface area contributed by atoms with Crippen molar-refractivity contribution < 1.29 is 18.3 Å². The van der Waals surface area contributed by atoms with Crippen molar-refractivity contribution >= 4 is 17.5 Å². The molecule has 11 heteroatoms. The van der Waals surface area contributed by atoms with Crippen LogP contribution in [0.15, 0.2) is 24.5 Å². The van der Waals surface area contributed by atoms with Crippen molar-refractivity contribution in [2.45, 2.75) is 51.6 Å². The van der Waals surface area contributed by atoms with Gasteiger partial charge in [-0.15, -0.1) is 0 Å². The molecule has 3 aliphatic heterocycles. The summed E-state index contributed by atoms with van der Waals surface area (Å²) in [7, 11) is 3.42. The number of aryl methyl sites for hydroxylation is 1. The van der Waals surface area contributed by atoms with Gasteiger partial charge in [-0.2, -0.15) is 10.2 Å². The van der Waals surface area contributed by atoms with Gasteiger partial charge in [0.15, 0.2) is 5.82 Å². The molecule has 2 amide bonds. The van der Waals surface area contributed by atoms with E-state index in [1.54, 1.807) is 42.1 Å². The lowest BCUT2D eigenvalue weighted by atomic mass is 9.89. The standard InChI is InChI=1S/C28H35F2N7O2/c1-17-10-18-11-21(19-13-32-34(3)15-19)22(26(29)30)12-25(18)36(14-17)27-23-16-35(28(38)31-2)7-4-24(23)37(33-27)20-5-8-39-9-6-20/h11-13,15,17,20,26H,4-10,14,16H2,1-3H3,(H,31,38)/t17-/m0/s1. The summed E-state index contributed by atoms with van der Waals surface area (Å²) >= 11 is 0. The average molecular weight is 540 g/mol. The van der Waals surface area contributed by atoms with Crippen LogP contribution in [0.2, 0.25) is 0 Å². The van der Waals surface area contributed by atoms with E-state index in [1.165, 1.54) is 0 Å². The Hall–Kier alpha value is -3.47. The van der Waals surface area contributed by atoms with Crippen LogP contribution in [0.5, 0.6) is 0 Å². The zero-order valence-corrected chi connectivity index (χ0v) is 22.7. The highest BCUT2D eigenvalue weighted by molar-refractivity contribution is 5.78. The van der Waals surface area contributed by atoms with E-state index in [1.807, 2.05) is 6.07 Å². The molecule has 1 saturated heterocycles. The van der Waals surface area contributed by atoms with E-state index in [0.29, 0.717) is 56.3 Å². The molecule has 0 unspecified atom stereocenters. The second kappa shape index (κ2) is 10.3. The number of anilines is 2. The predicted octanol–water partition coefficient (Wildman–Crippen LogP) is 4.60. The van der Waals surface area contributed by atoms with Crippen LogP contribution in [0.1, 0.15) is 54.6 Å². The lowest BCUT2D eigenvalue weighted by Crippen LogP contribution is -2.42. The molecule has 3 aliphatic rings. The highest BCUT2D eigenvalue weighted by atomic mass is 19.3. The Balaban J connectivity index is 1.49. The molecule has 9 nitrogen and oxygen atoms in total. The quantitative estimate of drug-likeness (QED) is 0.524. The summed E-state index contributed by atoms with van der Waals surface area (Å²) in [4.78, 5) is 16.5. The number of carbonyl (C=O) groups excluding carboxylic acids is 1. The fraction of sp³-hybridized carbons (Fsp3) is 0.536. The molecular weight excluding hydrogens is 504 g/mol. The van der Waals surface area contributed by atoms with E-state index in [-0.39, 0.29) is 17.6 Å². The molecule has 0 radical (unpaired) electrons. The highest BCUT2D eigenvalue weighted by Crippen LogP contribution is 2.44. The molecule has 1 fully saturated rings. The summed E-state index contributed by atoms with van der Waals surface area (Å²) in [5, 5.41) is 12.1. The first-order chi connectivity index (χ1) is 18.8. The van der Waals surface area contributed by atoms with Gasteiger partial charge in [-0.25, -0.2) is 13.6 Å². The second-order valence-electron chi connectivity index (χ2n) is 11.0. The molecule has 1 N–H and O–H groups in total. The number of amides is 2. The van der Waals surface area contributed by atoms with Crippen molar-refractivity contribution in [3.63, 3.8) is 0 Å². The van der Waals surface area contributed by atoms with Gasteiger partial charge in [0.2, 0.25) is 0 Å². The molecule has 39 heavy (non-hydrogen) atoms. The molecule has 0 spiro atoms.